The second kappa shape index (κ2) is 6.91. The molecule has 2 N–H and O–H groups in total. The highest BCUT2D eigenvalue weighted by molar-refractivity contribution is 6.03. The van der Waals surface area contributed by atoms with E-state index in [2.05, 4.69) is 46.6 Å². The number of nitrogens with one attached hydrogen (secondary N) is 2. The van der Waals surface area contributed by atoms with Crippen LogP contribution in [-0.2, 0) is 0 Å². The molecule has 0 aliphatic heterocycles. The number of aromatic nitrogens is 2. The van der Waals surface area contributed by atoms with Crippen LogP contribution in [0.1, 0.15) is 21.5 Å². The van der Waals surface area contributed by atoms with Crippen LogP contribution in [0.4, 0.5) is 17.2 Å². The third-order valence-corrected chi connectivity index (χ3v) is 3.68. The van der Waals surface area contributed by atoms with E-state index in [0.717, 1.165) is 11.4 Å². The van der Waals surface area contributed by atoms with E-state index < -0.39 is 0 Å². The van der Waals surface area contributed by atoms with Gasteiger partial charge in [0.05, 0.1) is 17.4 Å². The van der Waals surface area contributed by atoms with Crippen LogP contribution in [0.2, 0.25) is 0 Å². The van der Waals surface area contributed by atoms with Gasteiger partial charge in [-0.3, -0.25) is 9.78 Å². The highest BCUT2D eigenvalue weighted by Crippen LogP contribution is 2.24. The van der Waals surface area contributed by atoms with Gasteiger partial charge in [0.2, 0.25) is 0 Å². The van der Waals surface area contributed by atoms with Crippen LogP contribution in [0.5, 0.6) is 0 Å². The van der Waals surface area contributed by atoms with E-state index in [1.54, 1.807) is 30.6 Å². The van der Waals surface area contributed by atoms with Gasteiger partial charge in [0.15, 0.2) is 0 Å². The molecule has 2 heterocycles. The number of rotatable bonds is 4. The van der Waals surface area contributed by atoms with Crippen LogP contribution in [-0.4, -0.2) is 15.9 Å². The Hall–Kier alpha value is -3.21. The Labute approximate surface area is 140 Å². The number of anilines is 3. The van der Waals surface area contributed by atoms with E-state index in [9.17, 15) is 4.79 Å². The average molecular weight is 318 g/mol. The summed E-state index contributed by atoms with van der Waals surface area (Å²) in [6, 6.07) is 13.2. The molecule has 3 rings (SSSR count). The number of nitrogens with zero attached hydrogens (tertiary/aromatic N) is 2. The summed E-state index contributed by atoms with van der Waals surface area (Å²) in [4.78, 5) is 20.3. The summed E-state index contributed by atoms with van der Waals surface area (Å²) in [6.45, 7) is 4.12. The zero-order valence-electron chi connectivity index (χ0n) is 13.6. The van der Waals surface area contributed by atoms with Crippen molar-refractivity contribution in [2.24, 2.45) is 0 Å². The van der Waals surface area contributed by atoms with E-state index >= 15 is 0 Å². The van der Waals surface area contributed by atoms with Crippen molar-refractivity contribution in [3.63, 3.8) is 0 Å². The molecule has 5 nitrogen and oxygen atoms in total. The SMILES string of the molecule is Cc1cccc(C)c1Nc1ccc(NC(=O)c2cccnc2)nc1. The standard InChI is InChI=1S/C19H18N4O/c1-13-5-3-6-14(2)18(13)22-16-8-9-17(21-12-16)23-19(24)15-7-4-10-20-11-15/h3-12,22H,1-2H3,(H,21,23,24). The number of hydrogen-bond donors (Lipinski definition) is 2. The summed E-state index contributed by atoms with van der Waals surface area (Å²) in [5.41, 5.74) is 4.78. The molecule has 0 atom stereocenters. The van der Waals surface area contributed by atoms with Crippen LogP contribution >= 0.6 is 0 Å². The lowest BCUT2D eigenvalue weighted by Gasteiger charge is -2.12. The number of amides is 1. The summed E-state index contributed by atoms with van der Waals surface area (Å²) in [6.07, 6.45) is 4.85. The summed E-state index contributed by atoms with van der Waals surface area (Å²) < 4.78 is 0. The molecule has 0 radical (unpaired) electrons. The fourth-order valence-corrected chi connectivity index (χ4v) is 2.38. The second-order valence-electron chi connectivity index (χ2n) is 5.52. The molecule has 5 heteroatoms. The number of carbonyl (C=O) groups excluding carboxylic acids is 1. The Morgan fingerprint density at radius 1 is 0.958 bits per heavy atom. The van der Waals surface area contributed by atoms with Crippen molar-refractivity contribution in [1.82, 2.24) is 9.97 Å². The van der Waals surface area contributed by atoms with Crippen LogP contribution in [0, 0.1) is 13.8 Å². The van der Waals surface area contributed by atoms with Gasteiger partial charge in [-0.05, 0) is 49.2 Å². The number of benzene rings is 1. The van der Waals surface area contributed by atoms with Gasteiger partial charge < -0.3 is 10.6 Å². The monoisotopic (exact) mass is 318 g/mol. The average Bonchev–Trinajstić information content (AvgIpc) is 2.60. The van der Waals surface area contributed by atoms with Gasteiger partial charge in [-0.2, -0.15) is 0 Å². The first-order valence-electron chi connectivity index (χ1n) is 7.64. The lowest BCUT2D eigenvalue weighted by molar-refractivity contribution is 0.102. The Morgan fingerprint density at radius 3 is 2.38 bits per heavy atom. The molecule has 0 fully saturated rings. The summed E-state index contributed by atoms with van der Waals surface area (Å²) in [5, 5.41) is 6.12. The summed E-state index contributed by atoms with van der Waals surface area (Å²) in [7, 11) is 0. The van der Waals surface area contributed by atoms with Crippen molar-refractivity contribution in [1.29, 1.82) is 0 Å². The van der Waals surface area contributed by atoms with Crippen LogP contribution in [0.3, 0.4) is 0 Å². The third-order valence-electron chi connectivity index (χ3n) is 3.68. The van der Waals surface area contributed by atoms with E-state index in [1.807, 2.05) is 12.1 Å². The lowest BCUT2D eigenvalue weighted by Crippen LogP contribution is -2.13. The van der Waals surface area contributed by atoms with Crippen molar-refractivity contribution < 1.29 is 4.79 Å². The number of hydrogen-bond acceptors (Lipinski definition) is 4. The first kappa shape index (κ1) is 15.7. The van der Waals surface area contributed by atoms with Gasteiger partial charge in [0.25, 0.3) is 5.91 Å². The second-order valence-corrected chi connectivity index (χ2v) is 5.52. The molecule has 0 saturated carbocycles. The molecule has 0 unspecified atom stereocenters. The highest BCUT2D eigenvalue weighted by atomic mass is 16.1. The van der Waals surface area contributed by atoms with Crippen molar-refractivity contribution in [2.45, 2.75) is 13.8 Å². The topological polar surface area (TPSA) is 66.9 Å². The molecule has 1 aromatic carbocycles. The molecule has 0 aliphatic rings. The quantitative estimate of drug-likeness (QED) is 0.760. The molecule has 0 spiro atoms. The van der Waals surface area contributed by atoms with Crippen molar-refractivity contribution in [3.05, 3.63) is 77.7 Å². The summed E-state index contributed by atoms with van der Waals surface area (Å²) >= 11 is 0. The van der Waals surface area contributed by atoms with Crippen molar-refractivity contribution >= 4 is 23.1 Å². The van der Waals surface area contributed by atoms with Gasteiger partial charge >= 0.3 is 0 Å². The maximum absolute atomic E-state index is 12.1. The largest absolute Gasteiger partial charge is 0.354 e. The Bertz CT molecular complexity index is 825. The molecule has 2 aromatic heterocycles. The Kier molecular flexibility index (Phi) is 4.52. The smallest absolute Gasteiger partial charge is 0.258 e. The molecule has 3 aromatic rings. The molecule has 24 heavy (non-hydrogen) atoms. The minimum absolute atomic E-state index is 0.231. The maximum atomic E-state index is 12.1. The van der Waals surface area contributed by atoms with Crippen LogP contribution in [0.25, 0.3) is 0 Å². The van der Waals surface area contributed by atoms with E-state index in [0.29, 0.717) is 11.4 Å². The highest BCUT2D eigenvalue weighted by Gasteiger charge is 2.07. The molecule has 0 bridgehead atoms. The van der Waals surface area contributed by atoms with Crippen LogP contribution in [0.15, 0.2) is 61.1 Å². The van der Waals surface area contributed by atoms with E-state index in [1.165, 1.54) is 17.3 Å². The molecule has 1 amide bonds. The van der Waals surface area contributed by atoms with Crippen molar-refractivity contribution in [3.8, 4) is 0 Å². The zero-order valence-corrected chi connectivity index (χ0v) is 13.6. The lowest BCUT2D eigenvalue weighted by atomic mass is 10.1. The first-order chi connectivity index (χ1) is 11.6. The Morgan fingerprint density at radius 2 is 1.75 bits per heavy atom. The predicted octanol–water partition coefficient (Wildman–Crippen LogP) is 4.09. The van der Waals surface area contributed by atoms with E-state index in [4.69, 9.17) is 0 Å². The fraction of sp³-hybridized carbons (Fsp3) is 0.105. The molecule has 0 aliphatic carbocycles. The normalized spacial score (nSPS) is 10.2. The zero-order chi connectivity index (χ0) is 16.9. The molecular weight excluding hydrogens is 300 g/mol. The molecular formula is C19H18N4O. The molecule has 0 saturated heterocycles. The fourth-order valence-electron chi connectivity index (χ4n) is 2.38. The van der Waals surface area contributed by atoms with Crippen molar-refractivity contribution in [2.75, 3.05) is 10.6 Å². The Balaban J connectivity index is 1.71. The van der Waals surface area contributed by atoms with Gasteiger partial charge in [0.1, 0.15) is 5.82 Å². The number of para-hydroxylation sites is 1. The van der Waals surface area contributed by atoms with E-state index in [-0.39, 0.29) is 5.91 Å². The predicted molar refractivity (Wildman–Crippen MR) is 95.6 cm³/mol. The third kappa shape index (κ3) is 3.57. The minimum Gasteiger partial charge on any atom is -0.354 e. The summed E-state index contributed by atoms with van der Waals surface area (Å²) in [5.74, 6) is 0.266. The van der Waals surface area contributed by atoms with Gasteiger partial charge in [-0.15, -0.1) is 0 Å². The van der Waals surface area contributed by atoms with Crippen LogP contribution < -0.4 is 10.6 Å². The van der Waals surface area contributed by atoms with Gasteiger partial charge in [0, 0.05) is 18.1 Å². The molecule has 120 valence electrons. The minimum atomic E-state index is -0.231. The van der Waals surface area contributed by atoms with Gasteiger partial charge in [-0.1, -0.05) is 18.2 Å². The first-order valence-corrected chi connectivity index (χ1v) is 7.64. The number of pyridine rings is 2. The number of carbonyl (C=O) groups is 1. The number of aryl methyl sites for hydroxylation is 2. The maximum Gasteiger partial charge on any atom is 0.258 e. The van der Waals surface area contributed by atoms with Gasteiger partial charge in [-0.25, -0.2) is 4.98 Å².